The van der Waals surface area contributed by atoms with E-state index in [1.165, 1.54) is 0 Å². The minimum atomic E-state index is -0.276. The first-order chi connectivity index (χ1) is 6.67. The number of carbonyl (C=O) groups is 1. The topological polar surface area (TPSA) is 67.2 Å². The van der Waals surface area contributed by atoms with Gasteiger partial charge in [0.05, 0.1) is 0 Å². The Morgan fingerprint density at radius 1 is 1.57 bits per heavy atom. The third kappa shape index (κ3) is 2.61. The van der Waals surface area contributed by atoms with Crippen LogP contribution >= 0.6 is 11.6 Å². The van der Waals surface area contributed by atoms with Crippen molar-refractivity contribution in [1.29, 1.82) is 0 Å². The van der Waals surface area contributed by atoms with E-state index in [2.05, 4.69) is 10.6 Å². The molecule has 0 aromatic heterocycles. The number of halogens is 1. The average molecular weight is 214 g/mol. The number of rotatable bonds is 2. The van der Waals surface area contributed by atoms with Gasteiger partial charge in [0.15, 0.2) is 0 Å². The van der Waals surface area contributed by atoms with Gasteiger partial charge in [-0.05, 0) is 23.8 Å². The van der Waals surface area contributed by atoms with Gasteiger partial charge in [-0.3, -0.25) is 0 Å². The van der Waals surface area contributed by atoms with Crippen LogP contribution in [0.4, 0.5) is 10.5 Å². The van der Waals surface area contributed by atoms with Gasteiger partial charge in [-0.2, -0.15) is 0 Å². The molecule has 1 aromatic carbocycles. The molecule has 1 aromatic rings. The number of nitrogens with one attached hydrogen (secondary N) is 2. The Morgan fingerprint density at radius 3 is 2.86 bits per heavy atom. The van der Waals surface area contributed by atoms with Crippen molar-refractivity contribution in [1.82, 2.24) is 5.32 Å². The SMILES string of the molecule is CNC(=O)Nc1ccc(Cl)cc1CN. The van der Waals surface area contributed by atoms with Crippen LogP contribution in [0.2, 0.25) is 5.02 Å². The number of nitrogens with two attached hydrogens (primary N) is 1. The molecule has 0 heterocycles. The number of benzene rings is 1. The highest BCUT2D eigenvalue weighted by molar-refractivity contribution is 6.30. The Morgan fingerprint density at radius 2 is 2.29 bits per heavy atom. The fourth-order valence-corrected chi connectivity index (χ4v) is 1.23. The summed E-state index contributed by atoms with van der Waals surface area (Å²) in [5.41, 5.74) is 6.99. The molecule has 2 amide bonds. The molecule has 0 spiro atoms. The highest BCUT2D eigenvalue weighted by Crippen LogP contribution is 2.19. The van der Waals surface area contributed by atoms with Crippen molar-refractivity contribution in [3.05, 3.63) is 28.8 Å². The predicted octanol–water partition coefficient (Wildman–Crippen LogP) is 1.55. The summed E-state index contributed by atoms with van der Waals surface area (Å²) in [5, 5.41) is 5.71. The molecule has 0 atom stereocenters. The molecule has 1 rings (SSSR count). The van der Waals surface area contributed by atoms with Gasteiger partial charge in [0.25, 0.3) is 0 Å². The molecular formula is C9H12ClN3O. The maximum Gasteiger partial charge on any atom is 0.318 e. The van der Waals surface area contributed by atoms with Crippen molar-refractivity contribution < 1.29 is 4.79 Å². The van der Waals surface area contributed by atoms with Crippen molar-refractivity contribution in [2.24, 2.45) is 5.73 Å². The zero-order chi connectivity index (χ0) is 10.6. The van der Waals surface area contributed by atoms with Crippen molar-refractivity contribution >= 4 is 23.3 Å². The standard InChI is InChI=1S/C9H12ClN3O/c1-12-9(14)13-8-3-2-7(10)4-6(8)5-11/h2-4H,5,11H2,1H3,(H2,12,13,14). The maximum absolute atomic E-state index is 11.0. The molecule has 0 saturated carbocycles. The summed E-state index contributed by atoms with van der Waals surface area (Å²) in [6, 6.07) is 4.88. The summed E-state index contributed by atoms with van der Waals surface area (Å²) in [6.07, 6.45) is 0. The lowest BCUT2D eigenvalue weighted by Gasteiger charge is -2.09. The van der Waals surface area contributed by atoms with E-state index in [0.717, 1.165) is 5.56 Å². The average Bonchev–Trinajstić information content (AvgIpc) is 2.20. The van der Waals surface area contributed by atoms with Crippen LogP contribution in [0.15, 0.2) is 18.2 Å². The summed E-state index contributed by atoms with van der Waals surface area (Å²) in [7, 11) is 1.55. The van der Waals surface area contributed by atoms with Crippen LogP contribution in [0.5, 0.6) is 0 Å². The monoisotopic (exact) mass is 213 g/mol. The molecule has 0 aliphatic rings. The molecule has 0 aliphatic carbocycles. The summed E-state index contributed by atoms with van der Waals surface area (Å²) in [4.78, 5) is 11.0. The second kappa shape index (κ2) is 4.83. The Labute approximate surface area is 87.4 Å². The van der Waals surface area contributed by atoms with Crippen LogP contribution in [0.3, 0.4) is 0 Å². The highest BCUT2D eigenvalue weighted by Gasteiger charge is 2.04. The lowest BCUT2D eigenvalue weighted by atomic mass is 10.2. The zero-order valence-electron chi connectivity index (χ0n) is 7.80. The number of carbonyl (C=O) groups excluding carboxylic acids is 1. The van der Waals surface area contributed by atoms with E-state index in [4.69, 9.17) is 17.3 Å². The molecule has 4 nitrogen and oxygen atoms in total. The Bertz CT molecular complexity index is 341. The highest BCUT2D eigenvalue weighted by atomic mass is 35.5. The van der Waals surface area contributed by atoms with E-state index in [0.29, 0.717) is 17.3 Å². The summed E-state index contributed by atoms with van der Waals surface area (Å²) in [6.45, 7) is 0.333. The van der Waals surface area contributed by atoms with Gasteiger partial charge < -0.3 is 16.4 Å². The predicted molar refractivity (Wildman–Crippen MR) is 57.4 cm³/mol. The number of urea groups is 1. The molecule has 4 N–H and O–H groups in total. The van der Waals surface area contributed by atoms with Crippen molar-refractivity contribution in [3.63, 3.8) is 0 Å². The van der Waals surface area contributed by atoms with Crippen LogP contribution in [0.1, 0.15) is 5.56 Å². The fraction of sp³-hybridized carbons (Fsp3) is 0.222. The Hall–Kier alpha value is -1.26. The van der Waals surface area contributed by atoms with Crippen LogP contribution in [0, 0.1) is 0 Å². The summed E-state index contributed by atoms with van der Waals surface area (Å²) < 4.78 is 0. The fourth-order valence-electron chi connectivity index (χ4n) is 1.04. The van der Waals surface area contributed by atoms with Crippen molar-refractivity contribution in [2.75, 3.05) is 12.4 Å². The molecule has 5 heteroatoms. The Kier molecular flexibility index (Phi) is 3.73. The Balaban J connectivity index is 2.90. The summed E-state index contributed by atoms with van der Waals surface area (Å²) in [5.74, 6) is 0. The molecule has 0 bridgehead atoms. The first-order valence-electron chi connectivity index (χ1n) is 4.14. The number of amides is 2. The molecule has 0 saturated heterocycles. The molecule has 76 valence electrons. The first-order valence-corrected chi connectivity index (χ1v) is 4.52. The molecule has 0 unspecified atom stereocenters. The van der Waals surface area contributed by atoms with Crippen LogP contribution in [0.25, 0.3) is 0 Å². The number of anilines is 1. The lowest BCUT2D eigenvalue weighted by molar-refractivity contribution is 0.254. The van der Waals surface area contributed by atoms with Gasteiger partial charge in [-0.25, -0.2) is 4.79 Å². The van der Waals surface area contributed by atoms with Gasteiger partial charge in [-0.15, -0.1) is 0 Å². The molecule has 0 aliphatic heterocycles. The third-order valence-electron chi connectivity index (χ3n) is 1.76. The number of hydrogen-bond donors (Lipinski definition) is 3. The molecule has 0 radical (unpaired) electrons. The van der Waals surface area contributed by atoms with Crippen LogP contribution in [-0.4, -0.2) is 13.1 Å². The molecule has 0 fully saturated rings. The second-order valence-electron chi connectivity index (χ2n) is 2.71. The van der Waals surface area contributed by atoms with Gasteiger partial charge in [0, 0.05) is 24.3 Å². The molecule has 14 heavy (non-hydrogen) atoms. The quantitative estimate of drug-likeness (QED) is 0.698. The largest absolute Gasteiger partial charge is 0.341 e. The van der Waals surface area contributed by atoms with Gasteiger partial charge in [-0.1, -0.05) is 11.6 Å². The van der Waals surface area contributed by atoms with E-state index >= 15 is 0 Å². The third-order valence-corrected chi connectivity index (χ3v) is 2.00. The summed E-state index contributed by atoms with van der Waals surface area (Å²) >= 11 is 5.78. The van der Waals surface area contributed by atoms with E-state index in [1.807, 2.05) is 0 Å². The van der Waals surface area contributed by atoms with Gasteiger partial charge in [0.2, 0.25) is 0 Å². The normalized spacial score (nSPS) is 9.64. The van der Waals surface area contributed by atoms with Crippen molar-refractivity contribution in [3.8, 4) is 0 Å². The van der Waals surface area contributed by atoms with Crippen LogP contribution in [-0.2, 0) is 6.54 Å². The zero-order valence-corrected chi connectivity index (χ0v) is 8.56. The van der Waals surface area contributed by atoms with E-state index in [9.17, 15) is 4.79 Å². The molecular weight excluding hydrogens is 202 g/mol. The van der Waals surface area contributed by atoms with Gasteiger partial charge >= 0.3 is 6.03 Å². The minimum absolute atomic E-state index is 0.276. The van der Waals surface area contributed by atoms with E-state index < -0.39 is 0 Å². The van der Waals surface area contributed by atoms with E-state index in [1.54, 1.807) is 25.2 Å². The number of hydrogen-bond acceptors (Lipinski definition) is 2. The van der Waals surface area contributed by atoms with Gasteiger partial charge in [0.1, 0.15) is 0 Å². The minimum Gasteiger partial charge on any atom is -0.341 e. The van der Waals surface area contributed by atoms with Crippen LogP contribution < -0.4 is 16.4 Å². The maximum atomic E-state index is 11.0. The van der Waals surface area contributed by atoms with Crippen molar-refractivity contribution in [2.45, 2.75) is 6.54 Å². The second-order valence-corrected chi connectivity index (χ2v) is 3.15. The van der Waals surface area contributed by atoms with E-state index in [-0.39, 0.29) is 6.03 Å². The lowest BCUT2D eigenvalue weighted by Crippen LogP contribution is -2.25. The smallest absolute Gasteiger partial charge is 0.318 e. The first kappa shape index (κ1) is 10.8.